The number of nitrogens with zero attached hydrogens (tertiary/aromatic N) is 1. The molecule has 0 aromatic rings. The van der Waals surface area contributed by atoms with Crippen LogP contribution in [0.1, 0.15) is 32.1 Å². The second kappa shape index (κ2) is 5.30. The van der Waals surface area contributed by atoms with Crippen molar-refractivity contribution in [2.24, 2.45) is 0 Å². The maximum Gasteiger partial charge on any atom is 0.338 e. The first kappa shape index (κ1) is 13.0. The predicted molar refractivity (Wildman–Crippen MR) is 57.7 cm³/mol. The standard InChI is InChI=1S/C11H19NO4/c1-12(2)9(13)8-16-10(14)11(15)6-4-3-5-7-11/h15H,3-8H2,1-2H3. The maximum atomic E-state index is 11.6. The third-order valence-electron chi connectivity index (χ3n) is 2.89. The van der Waals surface area contributed by atoms with Gasteiger partial charge in [0.1, 0.15) is 0 Å². The van der Waals surface area contributed by atoms with Crippen molar-refractivity contribution in [3.05, 3.63) is 0 Å². The van der Waals surface area contributed by atoms with E-state index >= 15 is 0 Å². The van der Waals surface area contributed by atoms with Crippen LogP contribution in [-0.2, 0) is 14.3 Å². The summed E-state index contributed by atoms with van der Waals surface area (Å²) in [6, 6.07) is 0. The van der Waals surface area contributed by atoms with E-state index in [4.69, 9.17) is 4.74 Å². The van der Waals surface area contributed by atoms with Crippen LogP contribution in [-0.4, -0.2) is 48.2 Å². The lowest BCUT2D eigenvalue weighted by Crippen LogP contribution is -2.43. The fourth-order valence-electron chi connectivity index (χ4n) is 1.73. The molecule has 1 fully saturated rings. The topological polar surface area (TPSA) is 66.8 Å². The van der Waals surface area contributed by atoms with Crippen molar-refractivity contribution in [1.82, 2.24) is 4.90 Å². The highest BCUT2D eigenvalue weighted by atomic mass is 16.6. The molecule has 0 aromatic heterocycles. The zero-order valence-corrected chi connectivity index (χ0v) is 9.86. The number of ether oxygens (including phenoxy) is 1. The molecule has 0 spiro atoms. The Morgan fingerprint density at radius 3 is 2.31 bits per heavy atom. The summed E-state index contributed by atoms with van der Waals surface area (Å²) in [4.78, 5) is 24.2. The smallest absolute Gasteiger partial charge is 0.338 e. The van der Waals surface area contributed by atoms with Gasteiger partial charge in [0.05, 0.1) is 0 Å². The fraction of sp³-hybridized carbons (Fsp3) is 0.818. The lowest BCUT2D eigenvalue weighted by atomic mass is 9.85. The molecular formula is C11H19NO4. The second-order valence-corrected chi connectivity index (χ2v) is 4.46. The molecule has 92 valence electrons. The summed E-state index contributed by atoms with van der Waals surface area (Å²) in [6.45, 7) is -0.297. The van der Waals surface area contributed by atoms with Gasteiger partial charge in [-0.1, -0.05) is 6.42 Å². The van der Waals surface area contributed by atoms with E-state index in [1.165, 1.54) is 4.90 Å². The van der Waals surface area contributed by atoms with Crippen molar-refractivity contribution < 1.29 is 19.4 Å². The molecule has 0 aromatic carbocycles. The maximum absolute atomic E-state index is 11.6. The van der Waals surface area contributed by atoms with Crippen molar-refractivity contribution in [2.45, 2.75) is 37.7 Å². The summed E-state index contributed by atoms with van der Waals surface area (Å²) in [5.41, 5.74) is -1.37. The molecule has 1 rings (SSSR count). The first-order valence-corrected chi connectivity index (χ1v) is 5.55. The molecule has 0 heterocycles. The summed E-state index contributed by atoms with van der Waals surface area (Å²) in [5, 5.41) is 9.99. The minimum absolute atomic E-state index is 0.284. The first-order chi connectivity index (χ1) is 7.46. The van der Waals surface area contributed by atoms with Gasteiger partial charge < -0.3 is 14.7 Å². The highest BCUT2D eigenvalue weighted by Crippen LogP contribution is 2.28. The number of amides is 1. The van der Waals surface area contributed by atoms with Crippen LogP contribution in [0.4, 0.5) is 0 Å². The van der Waals surface area contributed by atoms with Gasteiger partial charge in [0.2, 0.25) is 0 Å². The van der Waals surface area contributed by atoms with Crippen LogP contribution in [0, 0.1) is 0 Å². The van der Waals surface area contributed by atoms with Gasteiger partial charge in [-0.3, -0.25) is 4.79 Å². The Hall–Kier alpha value is -1.10. The molecule has 0 saturated heterocycles. The Morgan fingerprint density at radius 1 is 1.25 bits per heavy atom. The zero-order chi connectivity index (χ0) is 12.2. The monoisotopic (exact) mass is 229 g/mol. The average Bonchev–Trinajstić information content (AvgIpc) is 2.26. The van der Waals surface area contributed by atoms with Gasteiger partial charge in [0, 0.05) is 14.1 Å². The summed E-state index contributed by atoms with van der Waals surface area (Å²) in [5.74, 6) is -0.949. The molecule has 1 N–H and O–H groups in total. The Balaban J connectivity index is 2.42. The number of esters is 1. The fourth-order valence-corrected chi connectivity index (χ4v) is 1.73. The SMILES string of the molecule is CN(C)C(=O)COC(=O)C1(O)CCCCC1. The molecular weight excluding hydrogens is 210 g/mol. The average molecular weight is 229 g/mol. The number of rotatable bonds is 3. The van der Waals surface area contributed by atoms with Gasteiger partial charge in [-0.15, -0.1) is 0 Å². The molecule has 0 atom stereocenters. The molecule has 0 aliphatic heterocycles. The van der Waals surface area contributed by atoms with E-state index in [1.54, 1.807) is 14.1 Å². The molecule has 1 aliphatic rings. The minimum atomic E-state index is -1.37. The quantitative estimate of drug-likeness (QED) is 0.707. The van der Waals surface area contributed by atoms with Gasteiger partial charge in [0.25, 0.3) is 5.91 Å². The van der Waals surface area contributed by atoms with Crippen LogP contribution in [0.2, 0.25) is 0 Å². The second-order valence-electron chi connectivity index (χ2n) is 4.46. The summed E-state index contributed by atoms with van der Waals surface area (Å²) in [7, 11) is 3.18. The normalized spacial score (nSPS) is 18.9. The van der Waals surface area contributed by atoms with Crippen LogP contribution >= 0.6 is 0 Å². The largest absolute Gasteiger partial charge is 0.453 e. The lowest BCUT2D eigenvalue weighted by molar-refractivity contribution is -0.171. The molecule has 5 heteroatoms. The minimum Gasteiger partial charge on any atom is -0.453 e. The van der Waals surface area contributed by atoms with E-state index in [-0.39, 0.29) is 12.5 Å². The number of hydrogen-bond acceptors (Lipinski definition) is 4. The molecule has 0 bridgehead atoms. The van der Waals surface area contributed by atoms with Crippen molar-refractivity contribution >= 4 is 11.9 Å². The Morgan fingerprint density at radius 2 is 1.81 bits per heavy atom. The first-order valence-electron chi connectivity index (χ1n) is 5.55. The summed E-state index contributed by atoms with van der Waals surface area (Å²) in [6.07, 6.45) is 3.55. The summed E-state index contributed by atoms with van der Waals surface area (Å²) < 4.78 is 4.83. The van der Waals surface area contributed by atoms with Crippen molar-refractivity contribution in [2.75, 3.05) is 20.7 Å². The zero-order valence-electron chi connectivity index (χ0n) is 9.86. The highest BCUT2D eigenvalue weighted by molar-refractivity contribution is 5.83. The number of aliphatic hydroxyl groups is 1. The van der Waals surface area contributed by atoms with Crippen molar-refractivity contribution in [1.29, 1.82) is 0 Å². The molecule has 5 nitrogen and oxygen atoms in total. The van der Waals surface area contributed by atoms with Crippen LogP contribution in [0.15, 0.2) is 0 Å². The van der Waals surface area contributed by atoms with Crippen molar-refractivity contribution in [3.8, 4) is 0 Å². The van der Waals surface area contributed by atoms with E-state index in [0.29, 0.717) is 12.8 Å². The summed E-state index contributed by atoms with van der Waals surface area (Å²) >= 11 is 0. The molecule has 0 unspecified atom stereocenters. The van der Waals surface area contributed by atoms with Crippen LogP contribution in [0.5, 0.6) is 0 Å². The highest BCUT2D eigenvalue weighted by Gasteiger charge is 2.38. The van der Waals surface area contributed by atoms with Gasteiger partial charge in [0.15, 0.2) is 12.2 Å². The molecule has 16 heavy (non-hydrogen) atoms. The van der Waals surface area contributed by atoms with Crippen LogP contribution < -0.4 is 0 Å². The number of carbonyl (C=O) groups excluding carboxylic acids is 2. The van der Waals surface area contributed by atoms with Crippen molar-refractivity contribution in [3.63, 3.8) is 0 Å². The Bertz CT molecular complexity index is 269. The number of carbonyl (C=O) groups is 2. The van der Waals surface area contributed by atoms with Gasteiger partial charge >= 0.3 is 5.97 Å². The molecule has 1 aliphatic carbocycles. The van der Waals surface area contributed by atoms with Gasteiger partial charge in [-0.05, 0) is 25.7 Å². The van der Waals surface area contributed by atoms with Crippen LogP contribution in [0.25, 0.3) is 0 Å². The van der Waals surface area contributed by atoms with E-state index in [2.05, 4.69) is 0 Å². The number of likely N-dealkylation sites (N-methyl/N-ethyl adjacent to an activating group) is 1. The third-order valence-corrected chi connectivity index (χ3v) is 2.89. The molecule has 0 radical (unpaired) electrons. The van der Waals surface area contributed by atoms with Crippen LogP contribution in [0.3, 0.4) is 0 Å². The Labute approximate surface area is 95.4 Å². The molecule has 1 amide bonds. The van der Waals surface area contributed by atoms with E-state index in [1.807, 2.05) is 0 Å². The lowest BCUT2D eigenvalue weighted by Gasteiger charge is -2.29. The predicted octanol–water partition coefficient (Wildman–Crippen LogP) is 0.313. The van der Waals surface area contributed by atoms with Gasteiger partial charge in [-0.2, -0.15) is 0 Å². The van der Waals surface area contributed by atoms with E-state index in [0.717, 1.165) is 19.3 Å². The molecule has 1 saturated carbocycles. The van der Waals surface area contributed by atoms with E-state index in [9.17, 15) is 14.7 Å². The Kier molecular flexibility index (Phi) is 4.29. The van der Waals surface area contributed by atoms with Gasteiger partial charge in [-0.25, -0.2) is 4.79 Å². The third kappa shape index (κ3) is 3.20. The number of hydrogen-bond donors (Lipinski definition) is 1. The van der Waals surface area contributed by atoms with E-state index < -0.39 is 11.6 Å².